The number of guanidine groups is 1. The van der Waals surface area contributed by atoms with E-state index in [4.69, 9.17) is 4.42 Å². The van der Waals surface area contributed by atoms with Crippen molar-refractivity contribution in [1.29, 1.82) is 0 Å². The van der Waals surface area contributed by atoms with Crippen LogP contribution in [0.5, 0.6) is 0 Å². The maximum atomic E-state index is 10.7. The molecule has 0 aliphatic heterocycles. The van der Waals surface area contributed by atoms with E-state index in [1.807, 2.05) is 26.0 Å². The standard InChI is InChI=1S/C23H36N4O2/c1-6-24-22(26-17-23(5,28)21-13-12-18(4)29-21)25-15-19-10-9-11-20(14-19)16-27(7-2)8-3/h9-14,28H,6-8,15-17H2,1-5H3,(H2,24,25,26). The molecule has 0 saturated heterocycles. The molecule has 3 N–H and O–H groups in total. The summed E-state index contributed by atoms with van der Waals surface area (Å²) >= 11 is 0. The number of hydrogen-bond donors (Lipinski definition) is 3. The number of nitrogens with zero attached hydrogens (tertiary/aromatic N) is 2. The van der Waals surface area contributed by atoms with Crippen molar-refractivity contribution in [3.05, 3.63) is 59.0 Å². The Morgan fingerprint density at radius 1 is 1.10 bits per heavy atom. The number of benzene rings is 1. The van der Waals surface area contributed by atoms with Gasteiger partial charge in [0.2, 0.25) is 0 Å². The lowest BCUT2D eigenvalue weighted by Crippen LogP contribution is -2.44. The summed E-state index contributed by atoms with van der Waals surface area (Å²) in [7, 11) is 0. The molecule has 0 bridgehead atoms. The van der Waals surface area contributed by atoms with Gasteiger partial charge in [-0.3, -0.25) is 4.90 Å². The van der Waals surface area contributed by atoms with Crippen molar-refractivity contribution in [2.75, 3.05) is 26.2 Å². The van der Waals surface area contributed by atoms with Gasteiger partial charge in [-0.2, -0.15) is 0 Å². The Balaban J connectivity index is 2.01. The third-order valence-corrected chi connectivity index (χ3v) is 4.93. The Bertz CT molecular complexity index is 779. The molecule has 0 aliphatic carbocycles. The lowest BCUT2D eigenvalue weighted by atomic mass is 10.0. The van der Waals surface area contributed by atoms with Crippen molar-refractivity contribution in [3.8, 4) is 0 Å². The van der Waals surface area contributed by atoms with Crippen molar-refractivity contribution in [2.24, 2.45) is 4.99 Å². The molecular weight excluding hydrogens is 364 g/mol. The monoisotopic (exact) mass is 400 g/mol. The third kappa shape index (κ3) is 7.22. The molecule has 6 heteroatoms. The predicted octanol–water partition coefficient (Wildman–Crippen LogP) is 3.39. The molecule has 0 amide bonds. The zero-order valence-corrected chi connectivity index (χ0v) is 18.5. The highest BCUT2D eigenvalue weighted by molar-refractivity contribution is 5.79. The van der Waals surface area contributed by atoms with Crippen LogP contribution in [0.4, 0.5) is 0 Å². The smallest absolute Gasteiger partial charge is 0.191 e. The van der Waals surface area contributed by atoms with E-state index in [1.54, 1.807) is 6.92 Å². The zero-order chi connectivity index (χ0) is 21.3. The first-order valence-corrected chi connectivity index (χ1v) is 10.5. The summed E-state index contributed by atoms with van der Waals surface area (Å²) in [6.07, 6.45) is 0. The normalized spacial score (nSPS) is 14.1. The average Bonchev–Trinajstić information content (AvgIpc) is 3.16. The average molecular weight is 401 g/mol. The number of rotatable bonds is 10. The Kier molecular flexibility index (Phi) is 8.73. The van der Waals surface area contributed by atoms with E-state index in [2.05, 4.69) is 58.6 Å². The van der Waals surface area contributed by atoms with Crippen LogP contribution in [0.15, 0.2) is 45.8 Å². The summed E-state index contributed by atoms with van der Waals surface area (Å²) in [5.74, 6) is 2.00. The van der Waals surface area contributed by atoms with Gasteiger partial charge < -0.3 is 20.2 Å². The molecule has 1 atom stereocenters. The lowest BCUT2D eigenvalue weighted by molar-refractivity contribution is 0.0378. The fourth-order valence-electron chi connectivity index (χ4n) is 3.11. The molecule has 0 spiro atoms. The van der Waals surface area contributed by atoms with Crippen LogP contribution in [0, 0.1) is 6.92 Å². The Hall–Kier alpha value is -2.31. The van der Waals surface area contributed by atoms with Gasteiger partial charge in [-0.15, -0.1) is 0 Å². The van der Waals surface area contributed by atoms with Crippen LogP contribution in [0.1, 0.15) is 50.3 Å². The van der Waals surface area contributed by atoms with Crippen LogP contribution < -0.4 is 10.6 Å². The number of aliphatic hydroxyl groups is 1. The molecule has 6 nitrogen and oxygen atoms in total. The molecule has 1 heterocycles. The highest BCUT2D eigenvalue weighted by atomic mass is 16.4. The molecule has 2 aromatic rings. The third-order valence-electron chi connectivity index (χ3n) is 4.93. The minimum atomic E-state index is -1.12. The van der Waals surface area contributed by atoms with Crippen LogP contribution in [-0.2, 0) is 18.7 Å². The minimum absolute atomic E-state index is 0.299. The van der Waals surface area contributed by atoms with Crippen molar-refractivity contribution >= 4 is 5.96 Å². The Labute approximate surface area is 175 Å². The van der Waals surface area contributed by atoms with Gasteiger partial charge >= 0.3 is 0 Å². The van der Waals surface area contributed by atoms with E-state index in [0.717, 1.165) is 31.9 Å². The van der Waals surface area contributed by atoms with E-state index in [-0.39, 0.29) is 0 Å². The maximum Gasteiger partial charge on any atom is 0.191 e. The first-order chi connectivity index (χ1) is 13.9. The van der Waals surface area contributed by atoms with Crippen molar-refractivity contribution in [3.63, 3.8) is 0 Å². The molecule has 1 aromatic carbocycles. The van der Waals surface area contributed by atoms with Gasteiger partial charge in [0.25, 0.3) is 0 Å². The van der Waals surface area contributed by atoms with Crippen LogP contribution in [-0.4, -0.2) is 42.1 Å². The minimum Gasteiger partial charge on any atom is -0.463 e. The van der Waals surface area contributed by atoms with Crippen molar-refractivity contribution in [2.45, 2.75) is 53.3 Å². The SMILES string of the molecule is CCNC(=NCc1cccc(CN(CC)CC)c1)NCC(C)(O)c1ccc(C)o1. The van der Waals surface area contributed by atoms with Gasteiger partial charge in [0.1, 0.15) is 17.1 Å². The van der Waals surface area contributed by atoms with Gasteiger partial charge in [0, 0.05) is 13.1 Å². The van der Waals surface area contributed by atoms with E-state index >= 15 is 0 Å². The van der Waals surface area contributed by atoms with Crippen molar-refractivity contribution in [1.82, 2.24) is 15.5 Å². The molecule has 0 fully saturated rings. The molecule has 1 unspecified atom stereocenters. The number of aliphatic imine (C=N–C) groups is 1. The largest absolute Gasteiger partial charge is 0.463 e. The second-order valence-electron chi connectivity index (χ2n) is 7.51. The molecule has 2 rings (SSSR count). The van der Waals surface area contributed by atoms with E-state index < -0.39 is 5.60 Å². The summed E-state index contributed by atoms with van der Waals surface area (Å²) < 4.78 is 5.58. The quantitative estimate of drug-likeness (QED) is 0.421. The second kappa shape index (κ2) is 11.0. The number of nitrogens with one attached hydrogen (secondary N) is 2. The van der Waals surface area contributed by atoms with E-state index in [9.17, 15) is 5.11 Å². The predicted molar refractivity (Wildman–Crippen MR) is 119 cm³/mol. The summed E-state index contributed by atoms with van der Waals surface area (Å²) in [6, 6.07) is 12.2. The fraction of sp³-hybridized carbons (Fsp3) is 0.522. The van der Waals surface area contributed by atoms with Gasteiger partial charge in [-0.1, -0.05) is 38.1 Å². The summed E-state index contributed by atoms with van der Waals surface area (Å²) in [5.41, 5.74) is 1.35. The van der Waals surface area contributed by atoms with Gasteiger partial charge in [-0.05, 0) is 57.1 Å². The molecule has 0 saturated carbocycles. The fourth-order valence-corrected chi connectivity index (χ4v) is 3.11. The van der Waals surface area contributed by atoms with Gasteiger partial charge in [0.15, 0.2) is 5.96 Å². The van der Waals surface area contributed by atoms with Gasteiger partial charge in [0.05, 0.1) is 13.1 Å². The molecular formula is C23H36N4O2. The molecule has 1 aromatic heterocycles. The number of furan rings is 1. The second-order valence-corrected chi connectivity index (χ2v) is 7.51. The first-order valence-electron chi connectivity index (χ1n) is 10.5. The zero-order valence-electron chi connectivity index (χ0n) is 18.5. The number of hydrogen-bond acceptors (Lipinski definition) is 4. The molecule has 0 aliphatic rings. The summed E-state index contributed by atoms with van der Waals surface area (Å²) in [6.45, 7) is 14.7. The molecule has 160 valence electrons. The highest BCUT2D eigenvalue weighted by Gasteiger charge is 2.27. The van der Waals surface area contributed by atoms with Crippen molar-refractivity contribution < 1.29 is 9.52 Å². The summed E-state index contributed by atoms with van der Waals surface area (Å²) in [4.78, 5) is 7.08. The number of aryl methyl sites for hydroxylation is 1. The Morgan fingerprint density at radius 2 is 1.83 bits per heavy atom. The van der Waals surface area contributed by atoms with Crippen LogP contribution in [0.2, 0.25) is 0 Å². The van der Waals surface area contributed by atoms with Crippen LogP contribution in [0.3, 0.4) is 0 Å². The van der Waals surface area contributed by atoms with Crippen LogP contribution in [0.25, 0.3) is 0 Å². The topological polar surface area (TPSA) is 73.0 Å². The van der Waals surface area contributed by atoms with E-state index in [0.29, 0.717) is 24.8 Å². The molecule has 29 heavy (non-hydrogen) atoms. The van der Waals surface area contributed by atoms with Crippen LogP contribution >= 0.6 is 0 Å². The molecule has 0 radical (unpaired) electrons. The Morgan fingerprint density at radius 3 is 2.45 bits per heavy atom. The lowest BCUT2D eigenvalue weighted by Gasteiger charge is -2.23. The van der Waals surface area contributed by atoms with Gasteiger partial charge in [-0.25, -0.2) is 4.99 Å². The van der Waals surface area contributed by atoms with E-state index in [1.165, 1.54) is 11.1 Å². The summed E-state index contributed by atoms with van der Waals surface area (Å²) in [5, 5.41) is 17.2. The first kappa shape index (κ1) is 23.0. The highest BCUT2D eigenvalue weighted by Crippen LogP contribution is 2.21. The maximum absolute atomic E-state index is 10.7.